The Bertz CT molecular complexity index is 782. The van der Waals surface area contributed by atoms with Gasteiger partial charge in [-0.2, -0.15) is 5.10 Å². The first-order valence-corrected chi connectivity index (χ1v) is 9.63. The van der Waals surface area contributed by atoms with Gasteiger partial charge in [0.2, 0.25) is 5.91 Å². The number of nitrogens with one attached hydrogen (secondary N) is 1. The summed E-state index contributed by atoms with van der Waals surface area (Å²) in [5.74, 6) is 0.896. The molecule has 6 nitrogen and oxygen atoms in total. The quantitative estimate of drug-likeness (QED) is 0.467. The second-order valence-corrected chi connectivity index (χ2v) is 7.04. The molecule has 2 aromatic carbocycles. The molecule has 0 aliphatic heterocycles. The van der Waals surface area contributed by atoms with Gasteiger partial charge in [0.25, 0.3) is 5.91 Å². The molecule has 2 rings (SSSR count). The summed E-state index contributed by atoms with van der Waals surface area (Å²) in [6.45, 7) is -0.166. The van der Waals surface area contributed by atoms with Gasteiger partial charge in [0, 0.05) is 10.2 Å². The number of rotatable bonds is 9. The van der Waals surface area contributed by atoms with E-state index in [1.54, 1.807) is 24.3 Å². The number of hydrazone groups is 1. The van der Waals surface area contributed by atoms with Gasteiger partial charge in [0.15, 0.2) is 6.61 Å². The molecule has 0 unspecified atom stereocenters. The van der Waals surface area contributed by atoms with Crippen molar-refractivity contribution in [1.29, 1.82) is 0 Å². The van der Waals surface area contributed by atoms with E-state index in [9.17, 15) is 9.59 Å². The molecule has 0 aromatic heterocycles. The Balaban J connectivity index is 1.71. The van der Waals surface area contributed by atoms with Crippen LogP contribution in [-0.2, 0) is 15.3 Å². The normalized spacial score (nSPS) is 10.7. The van der Waals surface area contributed by atoms with Crippen molar-refractivity contribution in [3.63, 3.8) is 0 Å². The Morgan fingerprint density at radius 3 is 2.62 bits per heavy atom. The van der Waals surface area contributed by atoms with Crippen LogP contribution in [0.4, 0.5) is 0 Å². The van der Waals surface area contributed by atoms with Crippen LogP contribution in [0.5, 0.6) is 5.75 Å². The summed E-state index contributed by atoms with van der Waals surface area (Å²) in [5, 5.41) is 3.93. The lowest BCUT2D eigenvalue weighted by Gasteiger charge is -2.04. The molecule has 8 heteroatoms. The van der Waals surface area contributed by atoms with Crippen LogP contribution in [0.25, 0.3) is 0 Å². The number of hydrogen-bond acceptors (Lipinski definition) is 5. The van der Waals surface area contributed by atoms with E-state index in [0.717, 1.165) is 21.4 Å². The largest absolute Gasteiger partial charge is 0.484 e. The minimum atomic E-state index is -0.532. The van der Waals surface area contributed by atoms with E-state index in [2.05, 4.69) is 26.5 Å². The fraction of sp³-hybridized carbons (Fsp3) is 0.167. The van der Waals surface area contributed by atoms with Gasteiger partial charge in [0.05, 0.1) is 12.0 Å². The number of halogens is 1. The first-order valence-electron chi connectivity index (χ1n) is 7.69. The maximum absolute atomic E-state index is 11.8. The highest BCUT2D eigenvalue weighted by atomic mass is 79.9. The van der Waals surface area contributed by atoms with E-state index in [4.69, 9.17) is 10.5 Å². The van der Waals surface area contributed by atoms with Crippen molar-refractivity contribution in [1.82, 2.24) is 5.43 Å². The zero-order chi connectivity index (χ0) is 18.8. The number of nitrogens with zero attached hydrogens (tertiary/aromatic N) is 1. The van der Waals surface area contributed by atoms with Crippen LogP contribution in [0.3, 0.4) is 0 Å². The van der Waals surface area contributed by atoms with Crippen LogP contribution >= 0.6 is 27.7 Å². The summed E-state index contributed by atoms with van der Waals surface area (Å²) in [6, 6.07) is 14.8. The molecule has 0 aliphatic carbocycles. The average Bonchev–Trinajstić information content (AvgIpc) is 2.62. The number of carbonyl (C=O) groups excluding carboxylic acids is 2. The van der Waals surface area contributed by atoms with Gasteiger partial charge in [-0.05, 0) is 41.5 Å². The number of benzene rings is 2. The van der Waals surface area contributed by atoms with Crippen molar-refractivity contribution in [2.75, 3.05) is 12.4 Å². The second kappa shape index (κ2) is 10.6. The van der Waals surface area contributed by atoms with Gasteiger partial charge in [-0.1, -0.05) is 34.1 Å². The van der Waals surface area contributed by atoms with E-state index in [-0.39, 0.29) is 12.5 Å². The maximum Gasteiger partial charge on any atom is 0.255 e. The molecule has 0 aliphatic rings. The van der Waals surface area contributed by atoms with E-state index >= 15 is 0 Å². The van der Waals surface area contributed by atoms with Crippen molar-refractivity contribution < 1.29 is 14.3 Å². The third kappa shape index (κ3) is 7.28. The number of primary amides is 1. The Morgan fingerprint density at radius 2 is 1.92 bits per heavy atom. The van der Waals surface area contributed by atoms with Gasteiger partial charge in [-0.15, -0.1) is 11.8 Å². The molecule has 0 saturated heterocycles. The maximum atomic E-state index is 11.8. The number of hydrogen-bond donors (Lipinski definition) is 2. The highest BCUT2D eigenvalue weighted by Crippen LogP contribution is 2.21. The predicted octanol–water partition coefficient (Wildman–Crippen LogP) is 2.70. The van der Waals surface area contributed by atoms with Crippen LogP contribution in [-0.4, -0.2) is 30.4 Å². The summed E-state index contributed by atoms with van der Waals surface area (Å²) in [4.78, 5) is 22.4. The monoisotopic (exact) mass is 435 g/mol. The summed E-state index contributed by atoms with van der Waals surface area (Å²) < 4.78 is 6.20. The van der Waals surface area contributed by atoms with Gasteiger partial charge in [-0.3, -0.25) is 9.59 Å². The first-order chi connectivity index (χ1) is 12.5. The zero-order valence-electron chi connectivity index (χ0n) is 13.9. The Kier molecular flexibility index (Phi) is 8.17. The molecule has 0 spiro atoms. The van der Waals surface area contributed by atoms with E-state index in [1.165, 1.54) is 18.0 Å². The molecular formula is C18H18BrN3O3S. The van der Waals surface area contributed by atoms with Crippen molar-refractivity contribution in [2.45, 2.75) is 5.75 Å². The molecule has 3 N–H and O–H groups in total. The standard InChI is InChI=1S/C18H18BrN3O3S/c19-16-4-2-1-3-14(16)11-26-12-18(24)22-21-9-13-5-7-15(8-6-13)25-10-17(20)23/h1-9H,10-12H2,(H2,20,23)(H,22,24)/b21-9+. The molecule has 0 bridgehead atoms. The highest BCUT2D eigenvalue weighted by molar-refractivity contribution is 9.10. The van der Waals surface area contributed by atoms with E-state index in [0.29, 0.717) is 11.5 Å². The average molecular weight is 436 g/mol. The van der Waals surface area contributed by atoms with E-state index in [1.807, 2.05) is 24.3 Å². The van der Waals surface area contributed by atoms with Crippen LogP contribution in [0, 0.1) is 0 Å². The fourth-order valence-corrected chi connectivity index (χ4v) is 3.32. The topological polar surface area (TPSA) is 93.8 Å². The summed E-state index contributed by atoms with van der Waals surface area (Å²) in [5.41, 5.74) is 9.44. The summed E-state index contributed by atoms with van der Waals surface area (Å²) in [7, 11) is 0. The van der Waals surface area contributed by atoms with E-state index < -0.39 is 5.91 Å². The van der Waals surface area contributed by atoms with Crippen molar-refractivity contribution in [2.24, 2.45) is 10.8 Å². The van der Waals surface area contributed by atoms with Gasteiger partial charge >= 0.3 is 0 Å². The molecule has 0 atom stereocenters. The minimum absolute atomic E-state index is 0.166. The Morgan fingerprint density at radius 1 is 1.19 bits per heavy atom. The molecule has 0 heterocycles. The van der Waals surface area contributed by atoms with Gasteiger partial charge < -0.3 is 10.5 Å². The second-order valence-electron chi connectivity index (χ2n) is 5.20. The van der Waals surface area contributed by atoms with Crippen molar-refractivity contribution in [3.05, 3.63) is 64.1 Å². The predicted molar refractivity (Wildman–Crippen MR) is 107 cm³/mol. The molecule has 0 radical (unpaired) electrons. The van der Waals surface area contributed by atoms with Gasteiger partial charge in [-0.25, -0.2) is 5.43 Å². The number of carbonyl (C=O) groups is 2. The lowest BCUT2D eigenvalue weighted by Crippen LogP contribution is -2.20. The SMILES string of the molecule is NC(=O)COc1ccc(/C=N/NC(=O)CSCc2ccccc2Br)cc1. The smallest absolute Gasteiger partial charge is 0.255 e. The molecule has 2 amide bonds. The highest BCUT2D eigenvalue weighted by Gasteiger charge is 2.03. The zero-order valence-corrected chi connectivity index (χ0v) is 16.3. The molecule has 0 saturated carbocycles. The fourth-order valence-electron chi connectivity index (χ4n) is 1.88. The van der Waals surface area contributed by atoms with Crippen LogP contribution in [0.2, 0.25) is 0 Å². The minimum Gasteiger partial charge on any atom is -0.484 e. The van der Waals surface area contributed by atoms with Crippen LogP contribution < -0.4 is 15.9 Å². The van der Waals surface area contributed by atoms with Crippen LogP contribution in [0.15, 0.2) is 58.1 Å². The first kappa shape index (κ1) is 20.0. The lowest BCUT2D eigenvalue weighted by atomic mass is 10.2. The third-order valence-electron chi connectivity index (χ3n) is 3.11. The third-order valence-corrected chi connectivity index (χ3v) is 4.87. The Hall–Kier alpha value is -2.32. The number of ether oxygens (including phenoxy) is 1. The summed E-state index contributed by atoms with van der Waals surface area (Å²) >= 11 is 5.00. The summed E-state index contributed by atoms with van der Waals surface area (Å²) in [6.07, 6.45) is 1.54. The van der Waals surface area contributed by atoms with Crippen molar-refractivity contribution >= 4 is 45.7 Å². The number of amides is 2. The molecule has 136 valence electrons. The van der Waals surface area contributed by atoms with Crippen molar-refractivity contribution in [3.8, 4) is 5.75 Å². The van der Waals surface area contributed by atoms with Gasteiger partial charge in [0.1, 0.15) is 5.75 Å². The molecule has 26 heavy (non-hydrogen) atoms. The lowest BCUT2D eigenvalue weighted by molar-refractivity contribution is -0.120. The molecule has 2 aromatic rings. The Labute approximate surface area is 164 Å². The van der Waals surface area contributed by atoms with Crippen LogP contribution in [0.1, 0.15) is 11.1 Å². The number of thioether (sulfide) groups is 1. The number of nitrogens with two attached hydrogens (primary N) is 1. The molecular weight excluding hydrogens is 418 g/mol. The molecule has 0 fully saturated rings.